The lowest BCUT2D eigenvalue weighted by atomic mass is 10.2. The van der Waals surface area contributed by atoms with Crippen molar-refractivity contribution in [3.8, 4) is 5.75 Å². The standard InChI is InChI=1S/C13H12F2N2O/c14-10-2-1-9(13(15)5-10)6-16-7-11-3-4-12(18)8-17-11/h1-5,8,16,18H,6-7H2. The van der Waals surface area contributed by atoms with Gasteiger partial charge in [-0.05, 0) is 18.2 Å². The van der Waals surface area contributed by atoms with Crippen LogP contribution in [0.3, 0.4) is 0 Å². The first-order valence-corrected chi connectivity index (χ1v) is 5.43. The van der Waals surface area contributed by atoms with Crippen LogP contribution in [0.5, 0.6) is 5.75 Å². The van der Waals surface area contributed by atoms with Crippen molar-refractivity contribution in [1.29, 1.82) is 0 Å². The van der Waals surface area contributed by atoms with Gasteiger partial charge in [-0.15, -0.1) is 0 Å². The molecule has 0 radical (unpaired) electrons. The molecule has 2 N–H and O–H groups in total. The van der Waals surface area contributed by atoms with E-state index in [9.17, 15) is 8.78 Å². The van der Waals surface area contributed by atoms with E-state index in [0.717, 1.165) is 11.8 Å². The Morgan fingerprint density at radius 1 is 1.11 bits per heavy atom. The molecule has 0 saturated heterocycles. The minimum atomic E-state index is -0.587. The Balaban J connectivity index is 1.90. The molecule has 5 heteroatoms. The summed E-state index contributed by atoms with van der Waals surface area (Å²) in [5.41, 5.74) is 1.13. The maximum Gasteiger partial charge on any atom is 0.133 e. The van der Waals surface area contributed by atoms with Crippen LogP contribution in [-0.2, 0) is 13.1 Å². The molecule has 94 valence electrons. The van der Waals surface area contributed by atoms with Gasteiger partial charge in [-0.1, -0.05) is 6.07 Å². The average molecular weight is 250 g/mol. The number of aromatic nitrogens is 1. The Morgan fingerprint density at radius 3 is 2.61 bits per heavy atom. The lowest BCUT2D eigenvalue weighted by molar-refractivity contribution is 0.471. The highest BCUT2D eigenvalue weighted by atomic mass is 19.1. The number of nitrogens with one attached hydrogen (secondary N) is 1. The molecule has 0 spiro atoms. The maximum atomic E-state index is 13.3. The summed E-state index contributed by atoms with van der Waals surface area (Å²) >= 11 is 0. The molecule has 0 aliphatic heterocycles. The molecule has 0 amide bonds. The highest BCUT2D eigenvalue weighted by Gasteiger charge is 2.03. The number of aromatic hydroxyl groups is 1. The van der Waals surface area contributed by atoms with Crippen molar-refractivity contribution in [3.05, 3.63) is 59.4 Å². The van der Waals surface area contributed by atoms with Gasteiger partial charge in [0.15, 0.2) is 0 Å². The molecule has 18 heavy (non-hydrogen) atoms. The van der Waals surface area contributed by atoms with Crippen LogP contribution in [0.4, 0.5) is 8.78 Å². The van der Waals surface area contributed by atoms with Crippen LogP contribution in [0.1, 0.15) is 11.3 Å². The minimum absolute atomic E-state index is 0.100. The third-order valence-corrected chi connectivity index (χ3v) is 2.45. The van der Waals surface area contributed by atoms with Gasteiger partial charge < -0.3 is 10.4 Å². The summed E-state index contributed by atoms with van der Waals surface area (Å²) in [4.78, 5) is 3.98. The predicted molar refractivity (Wildman–Crippen MR) is 62.8 cm³/mol. The van der Waals surface area contributed by atoms with Crippen LogP contribution in [0, 0.1) is 11.6 Å². The molecule has 0 aliphatic rings. The lowest BCUT2D eigenvalue weighted by Gasteiger charge is -2.06. The topological polar surface area (TPSA) is 45.1 Å². The molecular formula is C13H12F2N2O. The first-order chi connectivity index (χ1) is 8.65. The van der Waals surface area contributed by atoms with Crippen LogP contribution in [0.15, 0.2) is 36.5 Å². The summed E-state index contributed by atoms with van der Waals surface area (Å²) in [5, 5.41) is 12.0. The van der Waals surface area contributed by atoms with Crippen LogP contribution in [-0.4, -0.2) is 10.1 Å². The predicted octanol–water partition coefficient (Wildman–Crippen LogP) is 2.36. The summed E-state index contributed by atoms with van der Waals surface area (Å²) < 4.78 is 26.0. The highest BCUT2D eigenvalue weighted by Crippen LogP contribution is 2.10. The number of halogens is 2. The molecule has 0 unspecified atom stereocenters. The average Bonchev–Trinajstić information content (AvgIpc) is 2.34. The largest absolute Gasteiger partial charge is 0.506 e. The fourth-order valence-corrected chi connectivity index (χ4v) is 1.51. The molecule has 1 heterocycles. The van der Waals surface area contributed by atoms with Crippen LogP contribution < -0.4 is 5.32 Å². The molecule has 3 nitrogen and oxygen atoms in total. The van der Waals surface area contributed by atoms with Crippen LogP contribution in [0.25, 0.3) is 0 Å². The molecule has 2 aromatic rings. The fourth-order valence-electron chi connectivity index (χ4n) is 1.51. The van der Waals surface area contributed by atoms with Gasteiger partial charge in [-0.3, -0.25) is 4.98 Å². The van der Waals surface area contributed by atoms with Gasteiger partial charge in [-0.2, -0.15) is 0 Å². The van der Waals surface area contributed by atoms with Crippen molar-refractivity contribution in [2.24, 2.45) is 0 Å². The molecule has 1 aromatic carbocycles. The lowest BCUT2D eigenvalue weighted by Crippen LogP contribution is -2.14. The molecule has 1 aromatic heterocycles. The van der Waals surface area contributed by atoms with E-state index < -0.39 is 11.6 Å². The molecule has 0 bridgehead atoms. The van der Waals surface area contributed by atoms with E-state index in [-0.39, 0.29) is 12.3 Å². The second-order valence-corrected chi connectivity index (χ2v) is 3.85. The maximum absolute atomic E-state index is 13.3. The molecule has 0 atom stereocenters. The summed E-state index contributed by atoms with van der Waals surface area (Å²) in [7, 11) is 0. The van der Waals surface area contributed by atoms with Crippen LogP contribution >= 0.6 is 0 Å². The van der Waals surface area contributed by atoms with E-state index in [1.54, 1.807) is 6.07 Å². The van der Waals surface area contributed by atoms with Crippen molar-refractivity contribution in [3.63, 3.8) is 0 Å². The zero-order chi connectivity index (χ0) is 13.0. The minimum Gasteiger partial charge on any atom is -0.506 e. The molecule has 0 aliphatic carbocycles. The SMILES string of the molecule is Oc1ccc(CNCc2ccc(F)cc2F)nc1. The van der Waals surface area contributed by atoms with Gasteiger partial charge in [-0.25, -0.2) is 8.78 Å². The number of hydrogen-bond acceptors (Lipinski definition) is 3. The second-order valence-electron chi connectivity index (χ2n) is 3.85. The first kappa shape index (κ1) is 12.4. The summed E-state index contributed by atoms with van der Waals surface area (Å²) in [6, 6.07) is 6.68. The Hall–Kier alpha value is -2.01. The smallest absolute Gasteiger partial charge is 0.133 e. The quantitative estimate of drug-likeness (QED) is 0.875. The Labute approximate surface area is 103 Å². The van der Waals surface area contributed by atoms with Crippen LogP contribution in [0.2, 0.25) is 0 Å². The molecule has 0 fully saturated rings. The number of benzene rings is 1. The van der Waals surface area contributed by atoms with Crippen molar-refractivity contribution < 1.29 is 13.9 Å². The van der Waals surface area contributed by atoms with Gasteiger partial charge in [0.1, 0.15) is 17.4 Å². The number of nitrogens with zero attached hydrogens (tertiary/aromatic N) is 1. The zero-order valence-corrected chi connectivity index (χ0v) is 9.53. The van der Waals surface area contributed by atoms with Gasteiger partial charge in [0.2, 0.25) is 0 Å². The van der Waals surface area contributed by atoms with E-state index in [4.69, 9.17) is 5.11 Å². The monoisotopic (exact) mass is 250 g/mol. The Morgan fingerprint density at radius 2 is 1.94 bits per heavy atom. The zero-order valence-electron chi connectivity index (χ0n) is 9.53. The van der Waals surface area contributed by atoms with E-state index in [1.807, 2.05) is 0 Å². The summed E-state index contributed by atoms with van der Waals surface area (Å²) in [6.45, 7) is 0.728. The normalized spacial score (nSPS) is 10.6. The van der Waals surface area contributed by atoms with Crippen molar-refractivity contribution in [2.45, 2.75) is 13.1 Å². The summed E-state index contributed by atoms with van der Waals surface area (Å²) in [5.74, 6) is -1.05. The van der Waals surface area contributed by atoms with E-state index in [2.05, 4.69) is 10.3 Å². The number of rotatable bonds is 4. The molecule has 0 saturated carbocycles. The first-order valence-electron chi connectivity index (χ1n) is 5.43. The number of hydrogen-bond donors (Lipinski definition) is 2. The Bertz CT molecular complexity index is 529. The van der Waals surface area contributed by atoms with Crippen molar-refractivity contribution in [2.75, 3.05) is 0 Å². The van der Waals surface area contributed by atoms with Crippen molar-refractivity contribution in [1.82, 2.24) is 10.3 Å². The summed E-state index contributed by atoms with van der Waals surface area (Å²) in [6.07, 6.45) is 1.34. The van der Waals surface area contributed by atoms with Crippen molar-refractivity contribution >= 4 is 0 Å². The molecule has 2 rings (SSSR count). The molecular weight excluding hydrogens is 238 g/mol. The van der Waals surface area contributed by atoms with E-state index in [0.29, 0.717) is 12.1 Å². The fraction of sp³-hybridized carbons (Fsp3) is 0.154. The second kappa shape index (κ2) is 5.55. The third kappa shape index (κ3) is 3.24. The van der Waals surface area contributed by atoms with E-state index in [1.165, 1.54) is 24.4 Å². The number of pyridine rings is 1. The highest BCUT2D eigenvalue weighted by molar-refractivity contribution is 5.19. The van der Waals surface area contributed by atoms with Gasteiger partial charge in [0.25, 0.3) is 0 Å². The van der Waals surface area contributed by atoms with Gasteiger partial charge in [0.05, 0.1) is 11.9 Å². The van der Waals surface area contributed by atoms with Gasteiger partial charge in [0, 0.05) is 24.7 Å². The third-order valence-electron chi connectivity index (χ3n) is 2.45. The van der Waals surface area contributed by atoms with E-state index >= 15 is 0 Å². The Kier molecular flexibility index (Phi) is 3.84. The van der Waals surface area contributed by atoms with Gasteiger partial charge >= 0.3 is 0 Å².